The highest BCUT2D eigenvalue weighted by Gasteiger charge is 2.26. The molecule has 9 heteroatoms. The Labute approximate surface area is 189 Å². The third kappa shape index (κ3) is 9.33. The molecule has 0 spiro atoms. The summed E-state index contributed by atoms with van der Waals surface area (Å²) in [7, 11) is 0. The molecule has 0 aromatic heterocycles. The van der Waals surface area contributed by atoms with E-state index in [9.17, 15) is 8.78 Å². The lowest BCUT2D eigenvalue weighted by Crippen LogP contribution is -2.44. The van der Waals surface area contributed by atoms with Crippen LogP contribution in [0.25, 0.3) is 0 Å². The zero-order valence-corrected chi connectivity index (χ0v) is 19.5. The van der Waals surface area contributed by atoms with E-state index < -0.39 is 6.61 Å². The highest BCUT2D eigenvalue weighted by atomic mass is 127. The van der Waals surface area contributed by atoms with Crippen molar-refractivity contribution >= 4 is 35.6 Å². The summed E-state index contributed by atoms with van der Waals surface area (Å²) in [5, 5.41) is 6.72. The number of para-hydroxylation sites is 2. The molecule has 1 aliphatic rings. The van der Waals surface area contributed by atoms with Crippen molar-refractivity contribution in [1.82, 2.24) is 10.6 Å². The van der Waals surface area contributed by atoms with Crippen molar-refractivity contribution in [2.24, 2.45) is 4.99 Å². The van der Waals surface area contributed by atoms with Gasteiger partial charge >= 0.3 is 6.61 Å². The largest absolute Gasteiger partial charge is 0.433 e. The topological polar surface area (TPSA) is 58.1 Å². The van der Waals surface area contributed by atoms with Crippen molar-refractivity contribution in [2.45, 2.75) is 45.8 Å². The lowest BCUT2D eigenvalue weighted by Gasteiger charge is -2.22. The first kappa shape index (κ1) is 25.7. The quantitative estimate of drug-likeness (QED) is 0.199. The summed E-state index contributed by atoms with van der Waals surface area (Å²) in [5.41, 5.74) is 0.699. The fourth-order valence-electron chi connectivity index (χ4n) is 3.18. The number of guanidine groups is 1. The fraction of sp³-hybridized carbons (Fsp3) is 0.650. The molecule has 1 unspecified atom stereocenters. The summed E-state index contributed by atoms with van der Waals surface area (Å²) in [4.78, 5) is 6.70. The lowest BCUT2D eigenvalue weighted by molar-refractivity contribution is -0.0495. The number of rotatable bonds is 11. The van der Waals surface area contributed by atoms with E-state index in [1.54, 1.807) is 12.1 Å². The van der Waals surface area contributed by atoms with Gasteiger partial charge in [0.25, 0.3) is 0 Å². The Morgan fingerprint density at radius 1 is 1.28 bits per heavy atom. The number of alkyl halides is 2. The van der Waals surface area contributed by atoms with Crippen LogP contribution < -0.4 is 20.3 Å². The van der Waals surface area contributed by atoms with Gasteiger partial charge in [0.15, 0.2) is 5.96 Å². The highest BCUT2D eigenvalue weighted by Crippen LogP contribution is 2.31. The summed E-state index contributed by atoms with van der Waals surface area (Å²) in [6.07, 6.45) is 2.87. The summed E-state index contributed by atoms with van der Waals surface area (Å²) in [5.74, 6) is 1.01. The van der Waals surface area contributed by atoms with Crippen molar-refractivity contribution in [3.8, 4) is 5.75 Å². The maximum Gasteiger partial charge on any atom is 0.387 e. The smallest absolute Gasteiger partial charge is 0.387 e. The van der Waals surface area contributed by atoms with Crippen LogP contribution in [-0.2, 0) is 4.74 Å². The van der Waals surface area contributed by atoms with Crippen molar-refractivity contribution < 1.29 is 18.3 Å². The molecule has 0 bridgehead atoms. The SMILES string of the molecule is CCNC(=NCCCCOCC)NC1CCN(c2ccccc2OC(F)F)C1.I. The molecule has 1 aromatic carbocycles. The number of anilines is 1. The zero-order chi connectivity index (χ0) is 20.2. The van der Waals surface area contributed by atoms with Gasteiger partial charge in [0.2, 0.25) is 0 Å². The third-order valence-corrected chi connectivity index (χ3v) is 4.47. The van der Waals surface area contributed by atoms with Gasteiger partial charge in [-0.25, -0.2) is 0 Å². The van der Waals surface area contributed by atoms with Crippen molar-refractivity contribution in [3.63, 3.8) is 0 Å². The van der Waals surface area contributed by atoms with E-state index in [0.29, 0.717) is 12.2 Å². The van der Waals surface area contributed by atoms with E-state index in [0.717, 1.165) is 58.1 Å². The summed E-state index contributed by atoms with van der Waals surface area (Å²) in [6, 6.07) is 7.13. The number of nitrogens with one attached hydrogen (secondary N) is 2. The molecule has 2 N–H and O–H groups in total. The van der Waals surface area contributed by atoms with Crippen LogP contribution in [0.1, 0.15) is 33.1 Å². The second kappa shape index (κ2) is 14.6. The predicted octanol–water partition coefficient (Wildman–Crippen LogP) is 3.86. The number of benzene rings is 1. The molecular formula is C20H33F2IN4O2. The normalized spacial score (nSPS) is 16.7. The fourth-order valence-corrected chi connectivity index (χ4v) is 3.18. The van der Waals surface area contributed by atoms with Crippen LogP contribution in [0.2, 0.25) is 0 Å². The van der Waals surface area contributed by atoms with Crippen LogP contribution in [0.5, 0.6) is 5.75 Å². The second-order valence-electron chi connectivity index (χ2n) is 6.59. The molecule has 0 amide bonds. The van der Waals surface area contributed by atoms with Gasteiger partial charge in [-0.1, -0.05) is 12.1 Å². The molecule has 1 aromatic rings. The Hall–Kier alpha value is -1.36. The molecule has 6 nitrogen and oxygen atoms in total. The number of nitrogens with zero attached hydrogens (tertiary/aromatic N) is 2. The van der Waals surface area contributed by atoms with Gasteiger partial charge in [-0.3, -0.25) is 4.99 Å². The number of hydrogen-bond acceptors (Lipinski definition) is 4. The molecule has 0 saturated carbocycles. The maximum absolute atomic E-state index is 12.7. The highest BCUT2D eigenvalue weighted by molar-refractivity contribution is 14.0. The Morgan fingerprint density at radius 3 is 2.79 bits per heavy atom. The lowest BCUT2D eigenvalue weighted by atomic mass is 10.2. The van der Waals surface area contributed by atoms with E-state index in [4.69, 9.17) is 4.74 Å². The van der Waals surface area contributed by atoms with Crippen LogP contribution >= 0.6 is 24.0 Å². The molecule has 0 aliphatic carbocycles. The number of aliphatic imine (C=N–C) groups is 1. The van der Waals surface area contributed by atoms with Crippen molar-refractivity contribution in [1.29, 1.82) is 0 Å². The average Bonchev–Trinajstić information content (AvgIpc) is 3.13. The molecular weight excluding hydrogens is 493 g/mol. The minimum Gasteiger partial charge on any atom is -0.433 e. The van der Waals surface area contributed by atoms with Gasteiger partial charge in [-0.05, 0) is 45.2 Å². The molecule has 1 heterocycles. The van der Waals surface area contributed by atoms with Gasteiger partial charge in [-0.2, -0.15) is 8.78 Å². The van der Waals surface area contributed by atoms with E-state index in [1.807, 2.05) is 26.0 Å². The first-order valence-corrected chi connectivity index (χ1v) is 10.0. The third-order valence-electron chi connectivity index (χ3n) is 4.47. The van der Waals surface area contributed by atoms with Gasteiger partial charge in [0.05, 0.1) is 5.69 Å². The standard InChI is InChI=1S/C20H32F2N4O2.HI/c1-3-23-20(24-12-7-8-14-27-4-2)25-16-11-13-26(15-16)17-9-5-6-10-18(17)28-19(21)22;/h5-6,9-10,16,19H,3-4,7-8,11-15H2,1-2H3,(H2,23,24,25);1H. The van der Waals surface area contributed by atoms with E-state index in [2.05, 4.69) is 25.3 Å². The van der Waals surface area contributed by atoms with Crippen molar-refractivity contribution in [3.05, 3.63) is 24.3 Å². The Bertz CT molecular complexity index is 608. The molecule has 0 radical (unpaired) electrons. The predicted molar refractivity (Wildman–Crippen MR) is 124 cm³/mol. The van der Waals surface area contributed by atoms with Crippen LogP contribution in [0.15, 0.2) is 29.3 Å². The van der Waals surface area contributed by atoms with Gasteiger partial charge in [0.1, 0.15) is 5.75 Å². The van der Waals surface area contributed by atoms with E-state index in [-0.39, 0.29) is 35.8 Å². The van der Waals surface area contributed by atoms with Crippen LogP contribution in [0.3, 0.4) is 0 Å². The number of unbranched alkanes of at least 4 members (excludes halogenated alkanes) is 1. The summed E-state index contributed by atoms with van der Waals surface area (Å²) in [6.45, 7) is 5.72. The van der Waals surface area contributed by atoms with E-state index in [1.165, 1.54) is 0 Å². The summed E-state index contributed by atoms with van der Waals surface area (Å²) < 4.78 is 35.3. The maximum atomic E-state index is 12.7. The minimum absolute atomic E-state index is 0. The second-order valence-corrected chi connectivity index (χ2v) is 6.59. The first-order chi connectivity index (χ1) is 13.6. The Kier molecular flexibility index (Phi) is 12.9. The molecule has 1 atom stereocenters. The minimum atomic E-state index is -2.83. The number of halogens is 3. The van der Waals surface area contributed by atoms with Gasteiger partial charge in [-0.15, -0.1) is 24.0 Å². The molecule has 29 heavy (non-hydrogen) atoms. The molecule has 1 saturated heterocycles. The first-order valence-electron chi connectivity index (χ1n) is 10.0. The molecule has 166 valence electrons. The Balaban J connectivity index is 0.00000420. The van der Waals surface area contributed by atoms with Gasteiger partial charge in [0, 0.05) is 45.4 Å². The number of ether oxygens (including phenoxy) is 2. The van der Waals surface area contributed by atoms with Crippen LogP contribution in [0, 0.1) is 0 Å². The molecule has 1 fully saturated rings. The van der Waals surface area contributed by atoms with Crippen LogP contribution in [0.4, 0.5) is 14.5 Å². The Morgan fingerprint density at radius 2 is 2.07 bits per heavy atom. The summed E-state index contributed by atoms with van der Waals surface area (Å²) >= 11 is 0. The average molecular weight is 526 g/mol. The monoisotopic (exact) mass is 526 g/mol. The molecule has 1 aliphatic heterocycles. The van der Waals surface area contributed by atoms with Gasteiger partial charge < -0.3 is 25.0 Å². The molecule has 2 rings (SSSR count). The zero-order valence-electron chi connectivity index (χ0n) is 17.2. The van der Waals surface area contributed by atoms with E-state index >= 15 is 0 Å². The van der Waals surface area contributed by atoms with Crippen molar-refractivity contribution in [2.75, 3.05) is 44.3 Å². The number of hydrogen-bond donors (Lipinski definition) is 2. The van der Waals surface area contributed by atoms with Crippen LogP contribution in [-0.4, -0.2) is 58.0 Å².